The van der Waals surface area contributed by atoms with E-state index in [4.69, 9.17) is 5.11 Å². The summed E-state index contributed by atoms with van der Waals surface area (Å²) < 4.78 is 0. The number of hydrogen-bond donors (Lipinski definition) is 1. The lowest BCUT2D eigenvalue weighted by molar-refractivity contribution is 0.282. The zero-order valence-electron chi connectivity index (χ0n) is 11.6. The van der Waals surface area contributed by atoms with Crippen LogP contribution >= 0.6 is 0 Å². The first kappa shape index (κ1) is 14.1. The maximum atomic E-state index is 9.34. The summed E-state index contributed by atoms with van der Waals surface area (Å²) >= 11 is 0. The molecule has 102 valence electrons. The van der Waals surface area contributed by atoms with Crippen LogP contribution in [0.15, 0.2) is 48.5 Å². The standard InChI is InChI=1S/C17H18N2O/c1-2-14-4-3-5-17(10-14)19(13-18)11-15-6-8-16(12-20)9-7-15/h3-10,20H,2,11-12H2,1H3. The molecule has 0 radical (unpaired) electrons. The number of nitrogens with zero attached hydrogens (tertiary/aromatic N) is 2. The largest absolute Gasteiger partial charge is 0.392 e. The smallest absolute Gasteiger partial charge is 0.184 e. The Morgan fingerprint density at radius 3 is 2.35 bits per heavy atom. The Morgan fingerprint density at radius 1 is 1.05 bits per heavy atom. The van der Waals surface area contributed by atoms with Gasteiger partial charge in [-0.3, -0.25) is 4.90 Å². The number of benzene rings is 2. The van der Waals surface area contributed by atoms with Crippen LogP contribution in [0.5, 0.6) is 0 Å². The number of aliphatic hydroxyl groups is 1. The van der Waals surface area contributed by atoms with Crippen LogP contribution in [0.3, 0.4) is 0 Å². The van der Waals surface area contributed by atoms with Crippen molar-refractivity contribution >= 4 is 5.69 Å². The van der Waals surface area contributed by atoms with E-state index in [2.05, 4.69) is 19.2 Å². The summed E-state index contributed by atoms with van der Waals surface area (Å²) in [5, 5.41) is 18.4. The average Bonchev–Trinajstić information content (AvgIpc) is 2.53. The van der Waals surface area contributed by atoms with Gasteiger partial charge in [0.05, 0.1) is 18.8 Å². The van der Waals surface area contributed by atoms with Crippen LogP contribution in [0, 0.1) is 11.5 Å². The molecular formula is C17H18N2O. The van der Waals surface area contributed by atoms with E-state index in [1.165, 1.54) is 5.56 Å². The van der Waals surface area contributed by atoms with Crippen LogP contribution in [0.2, 0.25) is 0 Å². The molecule has 1 N–H and O–H groups in total. The number of rotatable bonds is 5. The van der Waals surface area contributed by atoms with E-state index in [9.17, 15) is 5.26 Å². The Morgan fingerprint density at radius 2 is 1.75 bits per heavy atom. The van der Waals surface area contributed by atoms with Crippen molar-refractivity contribution < 1.29 is 5.11 Å². The molecule has 2 aromatic rings. The van der Waals surface area contributed by atoms with Gasteiger partial charge in [-0.1, -0.05) is 43.3 Å². The molecule has 20 heavy (non-hydrogen) atoms. The topological polar surface area (TPSA) is 47.3 Å². The van der Waals surface area contributed by atoms with E-state index in [0.29, 0.717) is 6.54 Å². The molecular weight excluding hydrogens is 248 g/mol. The van der Waals surface area contributed by atoms with E-state index < -0.39 is 0 Å². The third-order valence-electron chi connectivity index (χ3n) is 3.30. The maximum Gasteiger partial charge on any atom is 0.184 e. The lowest BCUT2D eigenvalue weighted by Gasteiger charge is -2.16. The van der Waals surface area contributed by atoms with Crippen molar-refractivity contribution in [3.63, 3.8) is 0 Å². The van der Waals surface area contributed by atoms with Gasteiger partial charge in [0.1, 0.15) is 0 Å². The van der Waals surface area contributed by atoms with Crippen molar-refractivity contribution in [2.75, 3.05) is 4.90 Å². The monoisotopic (exact) mass is 266 g/mol. The quantitative estimate of drug-likeness (QED) is 0.667. The summed E-state index contributed by atoms with van der Waals surface area (Å²) in [5.74, 6) is 0. The van der Waals surface area contributed by atoms with E-state index in [1.807, 2.05) is 42.5 Å². The molecule has 0 aliphatic carbocycles. The summed E-state index contributed by atoms with van der Waals surface area (Å²) in [4.78, 5) is 1.67. The molecule has 2 aromatic carbocycles. The van der Waals surface area contributed by atoms with Crippen LogP contribution in [-0.4, -0.2) is 5.11 Å². The number of anilines is 1. The first-order chi connectivity index (χ1) is 9.76. The Bertz CT molecular complexity index is 599. The van der Waals surface area contributed by atoms with Gasteiger partial charge in [-0.25, -0.2) is 0 Å². The van der Waals surface area contributed by atoms with Crippen LogP contribution in [0.1, 0.15) is 23.6 Å². The van der Waals surface area contributed by atoms with Crippen molar-refractivity contribution in [2.45, 2.75) is 26.5 Å². The fourth-order valence-corrected chi connectivity index (χ4v) is 2.06. The highest BCUT2D eigenvalue weighted by Gasteiger charge is 2.07. The van der Waals surface area contributed by atoms with E-state index in [0.717, 1.165) is 23.2 Å². The average molecular weight is 266 g/mol. The summed E-state index contributed by atoms with van der Waals surface area (Å²) in [7, 11) is 0. The molecule has 0 spiro atoms. The first-order valence-corrected chi connectivity index (χ1v) is 6.71. The molecule has 0 heterocycles. The van der Waals surface area contributed by atoms with Crippen molar-refractivity contribution in [1.29, 1.82) is 5.26 Å². The van der Waals surface area contributed by atoms with Gasteiger partial charge in [0.2, 0.25) is 0 Å². The predicted octanol–water partition coefficient (Wildman–Crippen LogP) is 3.23. The molecule has 2 rings (SSSR count). The highest BCUT2D eigenvalue weighted by atomic mass is 16.3. The van der Waals surface area contributed by atoms with Gasteiger partial charge >= 0.3 is 0 Å². The fourth-order valence-electron chi connectivity index (χ4n) is 2.06. The van der Waals surface area contributed by atoms with Crippen LogP contribution in [0.4, 0.5) is 5.69 Å². The first-order valence-electron chi connectivity index (χ1n) is 6.71. The Kier molecular flexibility index (Phi) is 4.75. The minimum atomic E-state index is 0.0424. The molecule has 0 unspecified atom stereocenters. The zero-order valence-corrected chi connectivity index (χ0v) is 11.6. The second-order valence-electron chi connectivity index (χ2n) is 4.68. The van der Waals surface area contributed by atoms with Crippen LogP contribution in [0.25, 0.3) is 0 Å². The SMILES string of the molecule is CCc1cccc(N(C#N)Cc2ccc(CO)cc2)c1. The summed E-state index contributed by atoms with van der Waals surface area (Å²) in [6, 6.07) is 15.7. The number of nitriles is 1. The molecule has 0 amide bonds. The minimum absolute atomic E-state index is 0.0424. The molecule has 0 aliphatic heterocycles. The van der Waals surface area contributed by atoms with Gasteiger partial charge in [0.25, 0.3) is 0 Å². The van der Waals surface area contributed by atoms with Crippen molar-refractivity contribution in [1.82, 2.24) is 0 Å². The maximum absolute atomic E-state index is 9.34. The molecule has 3 nitrogen and oxygen atoms in total. The van der Waals surface area contributed by atoms with Crippen LogP contribution < -0.4 is 4.90 Å². The van der Waals surface area contributed by atoms with Crippen LogP contribution in [-0.2, 0) is 19.6 Å². The Labute approximate surface area is 119 Å². The van der Waals surface area contributed by atoms with Crippen molar-refractivity contribution in [2.24, 2.45) is 0 Å². The Hall–Kier alpha value is -2.31. The molecule has 0 fully saturated rings. The molecule has 0 bridgehead atoms. The normalized spacial score (nSPS) is 10.1. The summed E-state index contributed by atoms with van der Waals surface area (Å²) in [5.41, 5.74) is 4.06. The fraction of sp³-hybridized carbons (Fsp3) is 0.235. The number of hydrogen-bond acceptors (Lipinski definition) is 3. The highest BCUT2D eigenvalue weighted by Crippen LogP contribution is 2.19. The molecule has 0 atom stereocenters. The highest BCUT2D eigenvalue weighted by molar-refractivity contribution is 5.52. The minimum Gasteiger partial charge on any atom is -0.392 e. The van der Waals surface area contributed by atoms with Gasteiger partial charge in [-0.15, -0.1) is 0 Å². The molecule has 0 saturated heterocycles. The molecule has 0 aliphatic rings. The lowest BCUT2D eigenvalue weighted by atomic mass is 10.1. The van der Waals surface area contributed by atoms with Gasteiger partial charge in [-0.2, -0.15) is 5.26 Å². The second-order valence-corrected chi connectivity index (χ2v) is 4.68. The number of aliphatic hydroxyl groups excluding tert-OH is 1. The zero-order chi connectivity index (χ0) is 14.4. The summed E-state index contributed by atoms with van der Waals surface area (Å²) in [6.45, 7) is 2.68. The van der Waals surface area contributed by atoms with E-state index in [-0.39, 0.29) is 6.61 Å². The molecule has 0 saturated carbocycles. The van der Waals surface area contributed by atoms with Crippen molar-refractivity contribution in [3.8, 4) is 6.19 Å². The number of aryl methyl sites for hydroxylation is 1. The van der Waals surface area contributed by atoms with Gasteiger partial charge < -0.3 is 5.11 Å². The predicted molar refractivity (Wildman–Crippen MR) is 80.0 cm³/mol. The third kappa shape index (κ3) is 3.37. The van der Waals surface area contributed by atoms with E-state index in [1.54, 1.807) is 4.90 Å². The van der Waals surface area contributed by atoms with E-state index >= 15 is 0 Å². The molecule has 0 aromatic heterocycles. The van der Waals surface area contributed by atoms with Gasteiger partial charge in [-0.05, 0) is 35.2 Å². The lowest BCUT2D eigenvalue weighted by Crippen LogP contribution is -2.15. The second kappa shape index (κ2) is 6.74. The summed E-state index contributed by atoms with van der Waals surface area (Å²) in [6.07, 6.45) is 3.19. The third-order valence-corrected chi connectivity index (χ3v) is 3.30. The Balaban J connectivity index is 2.17. The van der Waals surface area contributed by atoms with Gasteiger partial charge in [0.15, 0.2) is 6.19 Å². The van der Waals surface area contributed by atoms with Gasteiger partial charge in [0, 0.05) is 0 Å². The van der Waals surface area contributed by atoms with Crippen molar-refractivity contribution in [3.05, 3.63) is 65.2 Å². The molecule has 3 heteroatoms.